The Morgan fingerprint density at radius 2 is 2.25 bits per heavy atom. The van der Waals surface area contributed by atoms with Crippen molar-refractivity contribution in [3.05, 3.63) is 59.4 Å². The topological polar surface area (TPSA) is 80.5 Å². The number of amides is 1. The third-order valence-electron chi connectivity index (χ3n) is 4.27. The zero-order valence-corrected chi connectivity index (χ0v) is 13.7. The molecule has 6 heteroatoms. The normalized spacial score (nSPS) is 17.6. The van der Waals surface area contributed by atoms with E-state index in [0.29, 0.717) is 30.9 Å². The Labute approximate surface area is 141 Å². The van der Waals surface area contributed by atoms with Crippen molar-refractivity contribution in [3.63, 3.8) is 0 Å². The molecule has 1 aliphatic heterocycles. The Morgan fingerprint density at radius 1 is 1.42 bits per heavy atom. The van der Waals surface area contributed by atoms with E-state index in [0.717, 1.165) is 17.9 Å². The first-order valence-electron chi connectivity index (χ1n) is 8.04. The van der Waals surface area contributed by atoms with E-state index in [1.54, 1.807) is 25.4 Å². The highest BCUT2D eigenvalue weighted by Crippen LogP contribution is 2.31. The average Bonchev–Trinajstić information content (AvgIpc) is 2.67. The molecule has 1 aromatic carbocycles. The second kappa shape index (κ2) is 7.42. The summed E-state index contributed by atoms with van der Waals surface area (Å²) in [7, 11) is 1.65. The molecule has 3 rings (SSSR count). The summed E-state index contributed by atoms with van der Waals surface area (Å²) in [6, 6.07) is 11.3. The molecule has 0 aliphatic carbocycles. The number of aromatic nitrogens is 1. The SMILES string of the molecule is COc1ccccc1C1CNCCN1C(=O)c1ccnc(CN)c1. The molecule has 1 aromatic heterocycles. The van der Waals surface area contributed by atoms with Crippen molar-refractivity contribution in [2.24, 2.45) is 5.73 Å². The lowest BCUT2D eigenvalue weighted by Crippen LogP contribution is -2.48. The lowest BCUT2D eigenvalue weighted by Gasteiger charge is -2.37. The molecule has 3 N–H and O–H groups in total. The van der Waals surface area contributed by atoms with Crippen LogP contribution in [-0.2, 0) is 6.54 Å². The molecule has 1 amide bonds. The number of hydrogen-bond donors (Lipinski definition) is 2. The summed E-state index contributed by atoms with van der Waals surface area (Å²) in [6.07, 6.45) is 1.63. The zero-order valence-electron chi connectivity index (χ0n) is 13.7. The van der Waals surface area contributed by atoms with Gasteiger partial charge in [0.1, 0.15) is 5.75 Å². The molecule has 6 nitrogen and oxygen atoms in total. The number of nitrogens with zero attached hydrogens (tertiary/aromatic N) is 2. The minimum atomic E-state index is -0.0723. The van der Waals surface area contributed by atoms with E-state index in [1.165, 1.54) is 0 Å². The molecular formula is C18H22N4O2. The summed E-state index contributed by atoms with van der Waals surface area (Å²) >= 11 is 0. The number of para-hydroxylation sites is 1. The Balaban J connectivity index is 1.93. The maximum absolute atomic E-state index is 13.0. The first-order chi connectivity index (χ1) is 11.7. The molecular weight excluding hydrogens is 304 g/mol. The van der Waals surface area contributed by atoms with Crippen molar-refractivity contribution >= 4 is 5.91 Å². The highest BCUT2D eigenvalue weighted by molar-refractivity contribution is 5.94. The molecule has 0 radical (unpaired) electrons. The molecule has 24 heavy (non-hydrogen) atoms. The van der Waals surface area contributed by atoms with E-state index >= 15 is 0 Å². The fourth-order valence-corrected chi connectivity index (χ4v) is 3.06. The predicted molar refractivity (Wildman–Crippen MR) is 91.8 cm³/mol. The van der Waals surface area contributed by atoms with Gasteiger partial charge in [0.05, 0.1) is 18.8 Å². The van der Waals surface area contributed by atoms with Gasteiger partial charge in [0.2, 0.25) is 0 Å². The molecule has 126 valence electrons. The van der Waals surface area contributed by atoms with Crippen LogP contribution in [0.2, 0.25) is 0 Å². The van der Waals surface area contributed by atoms with E-state index in [2.05, 4.69) is 10.3 Å². The van der Waals surface area contributed by atoms with E-state index in [9.17, 15) is 4.79 Å². The largest absolute Gasteiger partial charge is 0.496 e. The second-order valence-electron chi connectivity index (χ2n) is 5.70. The standard InChI is InChI=1S/C18H22N4O2/c1-24-17-5-3-2-4-15(17)16-12-20-8-9-22(16)18(23)13-6-7-21-14(10-13)11-19/h2-7,10,16,20H,8-9,11-12,19H2,1H3. The van der Waals surface area contributed by atoms with Gasteiger partial charge in [-0.15, -0.1) is 0 Å². The number of carbonyl (C=O) groups excluding carboxylic acids is 1. The average molecular weight is 326 g/mol. The van der Waals surface area contributed by atoms with Crippen molar-refractivity contribution < 1.29 is 9.53 Å². The van der Waals surface area contributed by atoms with Crippen LogP contribution in [-0.4, -0.2) is 42.5 Å². The second-order valence-corrected chi connectivity index (χ2v) is 5.70. The summed E-state index contributed by atoms with van der Waals surface area (Å²) < 4.78 is 5.48. The monoisotopic (exact) mass is 326 g/mol. The van der Waals surface area contributed by atoms with Gasteiger partial charge < -0.3 is 20.7 Å². The van der Waals surface area contributed by atoms with Crippen molar-refractivity contribution in [1.29, 1.82) is 0 Å². The van der Waals surface area contributed by atoms with Crippen LogP contribution in [0.5, 0.6) is 5.75 Å². The van der Waals surface area contributed by atoms with Crippen LogP contribution in [0.3, 0.4) is 0 Å². The van der Waals surface area contributed by atoms with Crippen molar-refractivity contribution in [2.45, 2.75) is 12.6 Å². The minimum Gasteiger partial charge on any atom is -0.496 e. The quantitative estimate of drug-likeness (QED) is 0.886. The molecule has 0 spiro atoms. The highest BCUT2D eigenvalue weighted by atomic mass is 16.5. The van der Waals surface area contributed by atoms with Gasteiger partial charge in [0.15, 0.2) is 0 Å². The van der Waals surface area contributed by atoms with Gasteiger partial charge in [-0.1, -0.05) is 18.2 Å². The molecule has 0 saturated carbocycles. The molecule has 2 heterocycles. The Kier molecular flexibility index (Phi) is 5.08. The van der Waals surface area contributed by atoms with Crippen LogP contribution in [0.15, 0.2) is 42.6 Å². The summed E-state index contributed by atoms with van der Waals surface area (Å²) in [5, 5.41) is 3.36. The van der Waals surface area contributed by atoms with Crippen molar-refractivity contribution in [1.82, 2.24) is 15.2 Å². The van der Waals surface area contributed by atoms with Crippen molar-refractivity contribution in [3.8, 4) is 5.75 Å². The molecule has 1 unspecified atom stereocenters. The predicted octanol–water partition coefficient (Wildman–Crippen LogP) is 1.34. The van der Waals surface area contributed by atoms with Crippen LogP contribution in [0.1, 0.15) is 27.7 Å². The summed E-state index contributed by atoms with van der Waals surface area (Å²) in [5.41, 5.74) is 7.98. The van der Waals surface area contributed by atoms with Gasteiger partial charge >= 0.3 is 0 Å². The fourth-order valence-electron chi connectivity index (χ4n) is 3.06. The van der Waals surface area contributed by atoms with Gasteiger partial charge in [-0.25, -0.2) is 0 Å². The molecule has 0 bridgehead atoms. The van der Waals surface area contributed by atoms with E-state index in [4.69, 9.17) is 10.5 Å². The first-order valence-corrected chi connectivity index (χ1v) is 8.04. The number of piperazine rings is 1. The Bertz CT molecular complexity index is 720. The third-order valence-corrected chi connectivity index (χ3v) is 4.27. The van der Waals surface area contributed by atoms with Crippen LogP contribution in [0.4, 0.5) is 0 Å². The number of hydrogen-bond acceptors (Lipinski definition) is 5. The lowest BCUT2D eigenvalue weighted by molar-refractivity contribution is 0.0631. The number of rotatable bonds is 4. The van der Waals surface area contributed by atoms with Crippen LogP contribution in [0, 0.1) is 0 Å². The number of benzene rings is 1. The first kappa shape index (κ1) is 16.4. The van der Waals surface area contributed by atoms with Gasteiger partial charge in [-0.3, -0.25) is 9.78 Å². The molecule has 1 atom stereocenters. The third kappa shape index (κ3) is 3.25. The summed E-state index contributed by atoms with van der Waals surface area (Å²) in [5.74, 6) is 0.783. The number of nitrogens with one attached hydrogen (secondary N) is 1. The van der Waals surface area contributed by atoms with Crippen LogP contribution < -0.4 is 15.8 Å². The molecule has 1 aliphatic rings. The minimum absolute atomic E-state index is 0.00972. The Morgan fingerprint density at radius 3 is 3.04 bits per heavy atom. The zero-order chi connectivity index (χ0) is 16.9. The van der Waals surface area contributed by atoms with Crippen LogP contribution in [0.25, 0.3) is 0 Å². The van der Waals surface area contributed by atoms with Crippen molar-refractivity contribution in [2.75, 3.05) is 26.7 Å². The smallest absolute Gasteiger partial charge is 0.254 e. The molecule has 2 aromatic rings. The van der Waals surface area contributed by atoms with E-state index in [1.807, 2.05) is 29.2 Å². The lowest BCUT2D eigenvalue weighted by atomic mass is 10.0. The fraction of sp³-hybridized carbons (Fsp3) is 0.333. The maximum atomic E-state index is 13.0. The summed E-state index contributed by atoms with van der Waals surface area (Å²) in [4.78, 5) is 19.1. The van der Waals surface area contributed by atoms with Gasteiger partial charge in [-0.2, -0.15) is 0 Å². The van der Waals surface area contributed by atoms with Gasteiger partial charge in [0, 0.05) is 43.5 Å². The highest BCUT2D eigenvalue weighted by Gasteiger charge is 2.30. The molecule has 1 fully saturated rings. The van der Waals surface area contributed by atoms with E-state index in [-0.39, 0.29) is 11.9 Å². The van der Waals surface area contributed by atoms with Crippen LogP contribution >= 0.6 is 0 Å². The van der Waals surface area contributed by atoms with Gasteiger partial charge in [0.25, 0.3) is 5.91 Å². The summed E-state index contributed by atoms with van der Waals surface area (Å²) in [6.45, 7) is 2.42. The number of ether oxygens (including phenoxy) is 1. The van der Waals surface area contributed by atoms with Gasteiger partial charge in [-0.05, 0) is 18.2 Å². The molecule has 1 saturated heterocycles. The number of pyridine rings is 1. The maximum Gasteiger partial charge on any atom is 0.254 e. The number of methoxy groups -OCH3 is 1. The van der Waals surface area contributed by atoms with E-state index < -0.39 is 0 Å². The number of carbonyl (C=O) groups is 1. The Hall–Kier alpha value is -2.44. The number of nitrogens with two attached hydrogens (primary N) is 1.